The third-order valence-corrected chi connectivity index (χ3v) is 58.8. The molecule has 10 fully saturated rings. The Balaban J connectivity index is 1.81. The molecule has 0 N–H and O–H groups in total. The van der Waals surface area contributed by atoms with Crippen molar-refractivity contribution in [2.24, 2.45) is 0 Å². The van der Waals surface area contributed by atoms with Crippen molar-refractivity contribution in [2.75, 3.05) is 0 Å². The van der Waals surface area contributed by atoms with Crippen LogP contribution in [0.5, 0.6) is 0 Å². The van der Waals surface area contributed by atoms with Crippen LogP contribution in [-0.4, -0.2) is 11.6 Å². The van der Waals surface area contributed by atoms with Crippen molar-refractivity contribution in [3.63, 3.8) is 0 Å². The molecular weight excluding hydrogens is 256 g/mol. The van der Waals surface area contributed by atoms with Gasteiger partial charge in [-0.25, -0.2) is 0 Å². The van der Waals surface area contributed by atoms with E-state index in [4.69, 9.17) is 0 Å². The van der Waals surface area contributed by atoms with Crippen LogP contribution in [0.1, 0.15) is 13.8 Å². The molecule has 0 aromatic carbocycles. The maximum absolute atomic E-state index is 12.6. The van der Waals surface area contributed by atoms with E-state index >= 15 is 0 Å². The summed E-state index contributed by atoms with van der Waals surface area (Å²) in [7, 11) is 0. The van der Waals surface area contributed by atoms with E-state index in [0.717, 1.165) is 38.5 Å². The van der Waals surface area contributed by atoms with Gasteiger partial charge < -0.3 is 0 Å². The van der Waals surface area contributed by atoms with Crippen LogP contribution in [0.2, 0.25) is 47.2 Å². The number of carbonyl (C=O) groups is 2. The van der Waals surface area contributed by atoms with Gasteiger partial charge in [0.25, 0.3) is 0 Å². The number of hydrogen-bond acceptors (Lipinski definition) is 2. The Morgan fingerprint density at radius 2 is 1.12 bits per heavy atom. The van der Waals surface area contributed by atoms with E-state index in [1.807, 2.05) is 13.8 Å². The quantitative estimate of drug-likeness (QED) is 0.721. The van der Waals surface area contributed by atoms with Gasteiger partial charge in [-0.05, 0) is 0 Å². The second kappa shape index (κ2) is 0.464. The van der Waals surface area contributed by atoms with E-state index in [1.165, 1.54) is 0 Å². The van der Waals surface area contributed by atoms with Gasteiger partial charge in [0.2, 0.25) is 0 Å². The third kappa shape index (κ3) is 0.0534. The summed E-state index contributed by atoms with van der Waals surface area (Å²) < 4.78 is 0.246. The van der Waals surface area contributed by atoms with Gasteiger partial charge >= 0.3 is 88.7 Å². The SMILES string of the molecule is CC(=O)[C]12[CH]3[CH]4[CH]5[C]1(C(C)=O)[Fe]43521678[CH]2[CH]1[CH]6[CH]7[CH]28. The van der Waals surface area contributed by atoms with E-state index in [-0.39, 0.29) is 8.63 Å². The molecule has 4 unspecified atom stereocenters. The Labute approximate surface area is 88.8 Å². The molecule has 0 aliphatic carbocycles. The molecule has 10 rings (SSSR count). The first kappa shape index (κ1) is 6.34. The molecule has 0 bridgehead atoms. The van der Waals surface area contributed by atoms with Gasteiger partial charge in [-0.1, -0.05) is 0 Å². The average molecular weight is 270 g/mol. The van der Waals surface area contributed by atoms with Gasteiger partial charge in [-0.15, -0.1) is 0 Å². The molecule has 10 heterocycles. The van der Waals surface area contributed by atoms with Crippen LogP contribution in [0.25, 0.3) is 0 Å². The normalized spacial score (nSPS) is 123. The Bertz CT molecular complexity index is 993. The van der Waals surface area contributed by atoms with Crippen LogP contribution < -0.4 is 0 Å². The number of carbonyl (C=O) groups excluding carboxylic acids is 2. The molecule has 0 saturated carbocycles. The monoisotopic (exact) mass is 270 g/mol. The zero-order valence-corrected chi connectivity index (χ0v) is 10.9. The number of fused-ring (bicyclic) bond motifs is 10. The fourth-order valence-corrected chi connectivity index (χ4v) is 95.3. The molecule has 10 aliphatic heterocycles. The molecule has 90 valence electrons. The molecule has 0 amide bonds. The zero-order chi connectivity index (χ0) is 11.1. The average Bonchev–Trinajstić information content (AvgIpc) is 3.22. The van der Waals surface area contributed by atoms with E-state index < -0.39 is 6.51 Å². The number of hydrogen-bond donors (Lipinski definition) is 0. The molecule has 10 aliphatic rings. The Kier molecular flexibility index (Phi) is 0.173. The van der Waals surface area contributed by atoms with E-state index in [9.17, 15) is 9.59 Å². The number of Topliss-reactive ketones (excluding diaryl/α,β-unsaturated/α-hetero) is 2. The molecule has 0 radical (unpaired) electrons. The van der Waals surface area contributed by atoms with Crippen molar-refractivity contribution in [2.45, 2.75) is 61.0 Å². The first-order chi connectivity index (χ1) is 7.82. The van der Waals surface area contributed by atoms with Crippen molar-refractivity contribution < 1.29 is 16.1 Å². The van der Waals surface area contributed by atoms with Gasteiger partial charge in [0, 0.05) is 0 Å². The summed E-state index contributed by atoms with van der Waals surface area (Å²) in [5.74, 6) is 1.02. The molecule has 4 atom stereocenters. The Morgan fingerprint density at radius 1 is 0.765 bits per heavy atom. The van der Waals surface area contributed by atoms with Gasteiger partial charge in [0.05, 0.1) is 0 Å². The van der Waals surface area contributed by atoms with Gasteiger partial charge in [0.15, 0.2) is 0 Å². The summed E-state index contributed by atoms with van der Waals surface area (Å²) in [6.45, 7) is 0.139. The molecule has 17 heavy (non-hydrogen) atoms. The fraction of sp³-hybridized carbons (Fsp3) is 0.857. The molecule has 1 spiro atoms. The first-order valence-electron chi connectivity index (χ1n) is 7.06. The van der Waals surface area contributed by atoms with Crippen LogP contribution in [-0.2, 0) is 16.1 Å². The molecular formula is C14H14FeO2. The van der Waals surface area contributed by atoms with E-state index in [1.54, 1.807) is 0 Å². The van der Waals surface area contributed by atoms with E-state index in [2.05, 4.69) is 0 Å². The van der Waals surface area contributed by atoms with Crippen molar-refractivity contribution >= 4 is 11.6 Å². The van der Waals surface area contributed by atoms with Gasteiger partial charge in [-0.3, -0.25) is 0 Å². The minimum absolute atomic E-state index is 0.123. The van der Waals surface area contributed by atoms with Crippen molar-refractivity contribution in [1.82, 2.24) is 0 Å². The van der Waals surface area contributed by atoms with Crippen molar-refractivity contribution in [3.05, 3.63) is 0 Å². The molecule has 0 aromatic heterocycles. The predicted octanol–water partition coefficient (Wildman–Crippen LogP) is 3.29. The summed E-state index contributed by atoms with van der Waals surface area (Å²) in [6.07, 6.45) is 0. The number of rotatable bonds is 2. The topological polar surface area (TPSA) is 34.1 Å². The maximum atomic E-state index is 12.6. The van der Waals surface area contributed by atoms with Crippen LogP contribution in [0.4, 0.5) is 0 Å². The van der Waals surface area contributed by atoms with Crippen LogP contribution in [0.3, 0.4) is 0 Å². The number of ketones is 2. The van der Waals surface area contributed by atoms with E-state index in [0.29, 0.717) is 11.6 Å². The zero-order valence-electron chi connectivity index (χ0n) is 9.79. The Morgan fingerprint density at radius 3 is 1.24 bits per heavy atom. The van der Waals surface area contributed by atoms with Crippen LogP contribution in [0.15, 0.2) is 0 Å². The second-order valence-corrected chi connectivity index (χ2v) is 34.1. The summed E-state index contributed by atoms with van der Waals surface area (Å²) >= 11 is 0. The summed E-state index contributed by atoms with van der Waals surface area (Å²) in [5.41, 5.74) is 0. The Hall–Kier alpha value is -0.141. The molecule has 0 aromatic rings. The van der Waals surface area contributed by atoms with Crippen molar-refractivity contribution in [3.8, 4) is 0 Å². The minimum atomic E-state index is -3.60. The first-order valence-corrected chi connectivity index (χ1v) is 13.3. The molecule has 2 nitrogen and oxygen atoms in total. The standard InChI is InChI=1S/C9H9O2.C5H5.Fe/c1-6(10)8-4-3-5-9(8)7(2)11;1-2-4-5-3-1;/h3-5H,1-2H3;1-5H;. The summed E-state index contributed by atoms with van der Waals surface area (Å²) in [4.78, 5) is 33.4. The molecule has 3 heteroatoms. The van der Waals surface area contributed by atoms with Crippen LogP contribution >= 0.6 is 0 Å². The summed E-state index contributed by atoms with van der Waals surface area (Å²) in [6, 6.07) is 0. The predicted molar refractivity (Wildman–Crippen MR) is 56.7 cm³/mol. The third-order valence-electron chi connectivity index (χ3n) is 15.9. The summed E-state index contributed by atoms with van der Waals surface area (Å²) in [5, 5.41) is 0. The van der Waals surface area contributed by atoms with Gasteiger partial charge in [0.1, 0.15) is 0 Å². The second-order valence-electron chi connectivity index (χ2n) is 10.9. The fourth-order valence-electron chi connectivity index (χ4n) is 18.6. The van der Waals surface area contributed by atoms with Gasteiger partial charge in [-0.2, -0.15) is 0 Å². The van der Waals surface area contributed by atoms with Crippen LogP contribution in [0, 0.1) is 0 Å². The van der Waals surface area contributed by atoms with Crippen molar-refractivity contribution in [1.29, 1.82) is 0 Å². The molecule has 10 saturated heterocycles.